The van der Waals surface area contributed by atoms with E-state index in [1.165, 1.54) is 83.5 Å². The van der Waals surface area contributed by atoms with Gasteiger partial charge in [0.1, 0.15) is 6.61 Å². The predicted octanol–water partition coefficient (Wildman–Crippen LogP) is 7.28. The molecule has 0 aromatic carbocycles. The second-order valence-electron chi connectivity index (χ2n) is 10.3. The van der Waals surface area contributed by atoms with Crippen LogP contribution in [-0.2, 0) is 33.2 Å². The summed E-state index contributed by atoms with van der Waals surface area (Å²) < 4.78 is 32.4. The number of ether oxygens (including phenoxy) is 6. The molecule has 0 rings (SSSR count). The average molecular weight is 547 g/mol. The van der Waals surface area contributed by atoms with Gasteiger partial charge in [-0.15, -0.1) is 0 Å². The summed E-state index contributed by atoms with van der Waals surface area (Å²) in [4.78, 5) is 11.8. The molecule has 0 saturated carbocycles. The van der Waals surface area contributed by atoms with E-state index in [1.54, 1.807) is 0 Å². The van der Waals surface area contributed by atoms with Crippen molar-refractivity contribution in [3.63, 3.8) is 0 Å². The van der Waals surface area contributed by atoms with Gasteiger partial charge in [-0.25, -0.2) is 0 Å². The van der Waals surface area contributed by atoms with Crippen molar-refractivity contribution in [2.45, 2.75) is 130 Å². The fourth-order valence-corrected chi connectivity index (χ4v) is 4.03. The van der Waals surface area contributed by atoms with Crippen molar-refractivity contribution in [1.29, 1.82) is 0 Å². The first kappa shape index (κ1) is 37.3. The summed E-state index contributed by atoms with van der Waals surface area (Å²) in [5.41, 5.74) is 0. The van der Waals surface area contributed by atoms with Crippen LogP contribution < -0.4 is 0 Å². The lowest BCUT2D eigenvalue weighted by atomic mass is 10.0. The van der Waals surface area contributed by atoms with Crippen LogP contribution in [0.1, 0.15) is 124 Å². The molecule has 0 aliphatic heterocycles. The van der Waals surface area contributed by atoms with Crippen molar-refractivity contribution in [2.75, 3.05) is 66.1 Å². The van der Waals surface area contributed by atoms with Crippen molar-refractivity contribution in [3.05, 3.63) is 0 Å². The van der Waals surface area contributed by atoms with Gasteiger partial charge in [-0.05, 0) is 20.3 Å². The second kappa shape index (κ2) is 32.5. The molecule has 0 saturated heterocycles. The lowest BCUT2D eigenvalue weighted by molar-refractivity contribution is -0.145. The van der Waals surface area contributed by atoms with Gasteiger partial charge in [-0.2, -0.15) is 0 Å². The van der Waals surface area contributed by atoms with Gasteiger partial charge >= 0.3 is 5.97 Å². The molecule has 0 N–H and O–H groups in total. The Morgan fingerprint density at radius 3 is 1.21 bits per heavy atom. The van der Waals surface area contributed by atoms with Gasteiger partial charge in [-0.1, -0.05) is 96.8 Å². The first-order valence-corrected chi connectivity index (χ1v) is 15.7. The number of rotatable bonds is 32. The van der Waals surface area contributed by atoms with Crippen LogP contribution in [0.15, 0.2) is 0 Å². The average Bonchev–Trinajstić information content (AvgIpc) is 2.90. The first-order valence-electron chi connectivity index (χ1n) is 15.7. The van der Waals surface area contributed by atoms with Crippen LogP contribution in [0.3, 0.4) is 0 Å². The van der Waals surface area contributed by atoms with Crippen molar-refractivity contribution < 1.29 is 33.2 Å². The van der Waals surface area contributed by atoms with Gasteiger partial charge in [0.25, 0.3) is 0 Å². The molecule has 0 amide bonds. The molecule has 7 nitrogen and oxygen atoms in total. The Morgan fingerprint density at radius 1 is 0.474 bits per heavy atom. The number of esters is 1. The van der Waals surface area contributed by atoms with Crippen LogP contribution >= 0.6 is 0 Å². The fourth-order valence-electron chi connectivity index (χ4n) is 4.03. The highest BCUT2D eigenvalue weighted by molar-refractivity contribution is 5.69. The standard InChI is InChI=1S/C31H62O7/c1-4-5-6-7-8-9-10-11-12-13-14-15-16-17-18-19-31(32)38-29-27-36-25-23-34-21-20-33-22-24-35-26-28-37-30(2)3/h30H,4-29H2,1-3H3. The summed E-state index contributed by atoms with van der Waals surface area (Å²) in [6.45, 7) is 11.3. The van der Waals surface area contributed by atoms with E-state index in [4.69, 9.17) is 28.4 Å². The van der Waals surface area contributed by atoms with Crippen LogP contribution in [0, 0.1) is 0 Å². The van der Waals surface area contributed by atoms with Gasteiger partial charge in [-0.3, -0.25) is 4.79 Å². The molecular weight excluding hydrogens is 484 g/mol. The fraction of sp³-hybridized carbons (Fsp3) is 0.968. The molecule has 0 radical (unpaired) electrons. The van der Waals surface area contributed by atoms with Crippen molar-refractivity contribution >= 4 is 5.97 Å². The van der Waals surface area contributed by atoms with Gasteiger partial charge in [0.2, 0.25) is 0 Å². The van der Waals surface area contributed by atoms with Crippen molar-refractivity contribution in [2.24, 2.45) is 0 Å². The van der Waals surface area contributed by atoms with E-state index in [-0.39, 0.29) is 12.1 Å². The molecule has 0 aromatic rings. The number of hydrogen-bond donors (Lipinski definition) is 0. The van der Waals surface area contributed by atoms with Crippen LogP contribution in [0.2, 0.25) is 0 Å². The highest BCUT2D eigenvalue weighted by Crippen LogP contribution is 2.13. The maximum atomic E-state index is 11.8. The van der Waals surface area contributed by atoms with E-state index in [0.717, 1.165) is 12.8 Å². The highest BCUT2D eigenvalue weighted by Gasteiger charge is 2.03. The number of hydrogen-bond acceptors (Lipinski definition) is 7. The maximum Gasteiger partial charge on any atom is 0.305 e. The Bertz CT molecular complexity index is 460. The molecule has 0 unspecified atom stereocenters. The molecular formula is C31H62O7. The zero-order valence-electron chi connectivity index (χ0n) is 25.3. The molecule has 0 heterocycles. The van der Waals surface area contributed by atoms with Crippen LogP contribution in [-0.4, -0.2) is 78.1 Å². The molecule has 0 aromatic heterocycles. The number of unbranched alkanes of at least 4 members (excludes halogenated alkanes) is 14. The molecule has 0 atom stereocenters. The highest BCUT2D eigenvalue weighted by atomic mass is 16.6. The van der Waals surface area contributed by atoms with E-state index >= 15 is 0 Å². The summed E-state index contributed by atoms with van der Waals surface area (Å²) in [6.07, 6.45) is 20.6. The first-order chi connectivity index (χ1) is 18.7. The van der Waals surface area contributed by atoms with E-state index in [2.05, 4.69) is 6.92 Å². The lowest BCUT2D eigenvalue weighted by Gasteiger charge is -2.09. The summed E-state index contributed by atoms with van der Waals surface area (Å²) in [6, 6.07) is 0. The van der Waals surface area contributed by atoms with E-state index in [0.29, 0.717) is 72.5 Å². The zero-order valence-corrected chi connectivity index (χ0v) is 25.3. The van der Waals surface area contributed by atoms with Crippen LogP contribution in [0.4, 0.5) is 0 Å². The SMILES string of the molecule is CCCCCCCCCCCCCCCCCC(=O)OCCOCCOCCOCCOCCOC(C)C. The normalized spacial score (nSPS) is 11.5. The van der Waals surface area contributed by atoms with Gasteiger partial charge < -0.3 is 28.4 Å². The Kier molecular flexibility index (Phi) is 31.9. The van der Waals surface area contributed by atoms with E-state index < -0.39 is 0 Å². The Hall–Kier alpha value is -0.730. The molecule has 0 aliphatic rings. The monoisotopic (exact) mass is 546 g/mol. The summed E-state index contributed by atoms with van der Waals surface area (Å²) in [5.74, 6) is -0.117. The predicted molar refractivity (Wildman–Crippen MR) is 155 cm³/mol. The van der Waals surface area contributed by atoms with Crippen molar-refractivity contribution in [3.8, 4) is 0 Å². The number of carbonyl (C=O) groups excluding carboxylic acids is 1. The van der Waals surface area contributed by atoms with Crippen LogP contribution in [0.5, 0.6) is 0 Å². The van der Waals surface area contributed by atoms with Crippen molar-refractivity contribution in [1.82, 2.24) is 0 Å². The minimum absolute atomic E-state index is 0.117. The quantitative estimate of drug-likeness (QED) is 0.0648. The third-order valence-corrected chi connectivity index (χ3v) is 6.27. The summed E-state index contributed by atoms with van der Waals surface area (Å²) in [7, 11) is 0. The minimum atomic E-state index is -0.117. The molecule has 228 valence electrons. The molecule has 0 bridgehead atoms. The Balaban J connectivity index is 3.15. The zero-order chi connectivity index (χ0) is 27.8. The lowest BCUT2D eigenvalue weighted by Crippen LogP contribution is -2.15. The Morgan fingerprint density at radius 2 is 0.816 bits per heavy atom. The second-order valence-corrected chi connectivity index (χ2v) is 10.3. The molecule has 0 spiro atoms. The van der Waals surface area contributed by atoms with E-state index in [9.17, 15) is 4.79 Å². The van der Waals surface area contributed by atoms with Crippen LogP contribution in [0.25, 0.3) is 0 Å². The topological polar surface area (TPSA) is 72.5 Å². The number of carbonyl (C=O) groups is 1. The van der Waals surface area contributed by atoms with Gasteiger partial charge in [0.15, 0.2) is 0 Å². The smallest absolute Gasteiger partial charge is 0.305 e. The third kappa shape index (κ3) is 33.3. The largest absolute Gasteiger partial charge is 0.463 e. The Labute approximate surface area is 235 Å². The summed E-state index contributed by atoms with van der Waals surface area (Å²) in [5, 5.41) is 0. The van der Waals surface area contributed by atoms with E-state index in [1.807, 2.05) is 13.8 Å². The minimum Gasteiger partial charge on any atom is -0.463 e. The van der Waals surface area contributed by atoms with Gasteiger partial charge in [0.05, 0.1) is 65.6 Å². The molecule has 7 heteroatoms. The molecule has 0 aliphatic carbocycles. The third-order valence-electron chi connectivity index (χ3n) is 6.27. The summed E-state index contributed by atoms with van der Waals surface area (Å²) >= 11 is 0. The molecule has 0 fully saturated rings. The molecule has 38 heavy (non-hydrogen) atoms. The maximum absolute atomic E-state index is 11.8. The van der Waals surface area contributed by atoms with Gasteiger partial charge in [0, 0.05) is 6.42 Å².